The molecule has 13 heavy (non-hydrogen) atoms. The maximum absolute atomic E-state index is 4.29. The molecule has 0 fully saturated rings. The second-order valence-electron chi connectivity index (χ2n) is 2.92. The Morgan fingerprint density at radius 2 is 2.54 bits per heavy atom. The van der Waals surface area contributed by atoms with Gasteiger partial charge in [-0.2, -0.15) is 0 Å². The van der Waals surface area contributed by atoms with E-state index in [4.69, 9.17) is 0 Å². The van der Waals surface area contributed by atoms with Gasteiger partial charge in [-0.25, -0.2) is 0 Å². The van der Waals surface area contributed by atoms with Gasteiger partial charge in [-0.1, -0.05) is 5.92 Å². The van der Waals surface area contributed by atoms with Gasteiger partial charge >= 0.3 is 0 Å². The summed E-state index contributed by atoms with van der Waals surface area (Å²) in [7, 11) is 1.91. The Bertz CT molecular complexity index is 365. The van der Waals surface area contributed by atoms with Gasteiger partial charge in [-0.15, -0.1) is 0 Å². The van der Waals surface area contributed by atoms with Crippen molar-refractivity contribution in [1.82, 2.24) is 10.2 Å². The lowest BCUT2D eigenvalue weighted by atomic mass is 10.3. The number of allylic oxidation sites excluding steroid dienone is 3. The first-order chi connectivity index (χ1) is 6.33. The van der Waals surface area contributed by atoms with Gasteiger partial charge in [0.05, 0.1) is 11.9 Å². The molecule has 2 aliphatic rings. The first-order valence-electron chi connectivity index (χ1n) is 4.21. The second-order valence-corrected chi connectivity index (χ2v) is 2.92. The third-order valence-corrected chi connectivity index (χ3v) is 2.17. The Hall–Kier alpha value is -1.69. The molecule has 2 rings (SSSR count). The summed E-state index contributed by atoms with van der Waals surface area (Å²) >= 11 is 0. The van der Waals surface area contributed by atoms with E-state index in [2.05, 4.69) is 27.0 Å². The van der Waals surface area contributed by atoms with E-state index in [1.807, 2.05) is 32.5 Å². The van der Waals surface area contributed by atoms with E-state index in [-0.39, 0.29) is 6.17 Å². The summed E-state index contributed by atoms with van der Waals surface area (Å²) in [5, 5.41) is 3.10. The Labute approximate surface area is 77.8 Å². The second kappa shape index (κ2) is 2.98. The minimum absolute atomic E-state index is 0.0108. The highest BCUT2D eigenvalue weighted by atomic mass is 15.3. The topological polar surface area (TPSA) is 27.6 Å². The van der Waals surface area contributed by atoms with Crippen LogP contribution in [0.3, 0.4) is 0 Å². The average Bonchev–Trinajstić information content (AvgIpc) is 2.60. The highest BCUT2D eigenvalue weighted by Crippen LogP contribution is 2.20. The van der Waals surface area contributed by atoms with Crippen molar-refractivity contribution in [2.45, 2.75) is 13.1 Å². The zero-order chi connectivity index (χ0) is 9.26. The Morgan fingerprint density at radius 1 is 1.69 bits per heavy atom. The SMILES string of the molecule is CNC(C)=C1C=NC2C#CC=CN12. The molecule has 0 aromatic carbocycles. The standard InChI is InChI=1S/C10H11N3/c1-8(11-2)9-7-12-10-5-3-4-6-13(9)10/h4,6-7,10-11H,1-2H3. The van der Waals surface area contributed by atoms with E-state index in [1.54, 1.807) is 0 Å². The van der Waals surface area contributed by atoms with Gasteiger partial charge in [0.2, 0.25) is 0 Å². The van der Waals surface area contributed by atoms with E-state index in [9.17, 15) is 0 Å². The Morgan fingerprint density at radius 3 is 3.31 bits per heavy atom. The largest absolute Gasteiger partial charge is 0.390 e. The number of hydrogen-bond donors (Lipinski definition) is 1. The highest BCUT2D eigenvalue weighted by Gasteiger charge is 2.23. The number of hydrogen-bond acceptors (Lipinski definition) is 3. The van der Waals surface area contributed by atoms with Crippen molar-refractivity contribution >= 4 is 6.21 Å². The molecule has 3 nitrogen and oxygen atoms in total. The maximum Gasteiger partial charge on any atom is 0.188 e. The molecule has 0 bridgehead atoms. The van der Waals surface area contributed by atoms with Gasteiger partial charge in [0, 0.05) is 25.0 Å². The van der Waals surface area contributed by atoms with Crippen LogP contribution in [0.2, 0.25) is 0 Å². The van der Waals surface area contributed by atoms with Gasteiger partial charge in [0.15, 0.2) is 6.17 Å². The van der Waals surface area contributed by atoms with Crippen LogP contribution < -0.4 is 5.32 Å². The van der Waals surface area contributed by atoms with Crippen LogP contribution >= 0.6 is 0 Å². The summed E-state index contributed by atoms with van der Waals surface area (Å²) < 4.78 is 0. The van der Waals surface area contributed by atoms with Crippen molar-refractivity contribution in [3.05, 3.63) is 23.7 Å². The molecule has 1 N–H and O–H groups in total. The summed E-state index contributed by atoms with van der Waals surface area (Å²) in [5.41, 5.74) is 2.21. The molecule has 0 aromatic rings. The quantitative estimate of drug-likeness (QED) is 0.590. The molecule has 0 saturated heterocycles. The molecule has 3 heteroatoms. The van der Waals surface area contributed by atoms with E-state index < -0.39 is 0 Å². The number of rotatable bonds is 1. The molecule has 0 aromatic heterocycles. The van der Waals surface area contributed by atoms with Gasteiger partial charge in [-0.3, -0.25) is 4.99 Å². The number of aliphatic imine (C=N–C) groups is 1. The molecule has 0 radical (unpaired) electrons. The fourth-order valence-electron chi connectivity index (χ4n) is 1.34. The lowest BCUT2D eigenvalue weighted by molar-refractivity contribution is 0.449. The first-order valence-corrected chi connectivity index (χ1v) is 4.21. The van der Waals surface area contributed by atoms with Gasteiger partial charge in [0.1, 0.15) is 0 Å². The molecule has 1 atom stereocenters. The molecule has 66 valence electrons. The Balaban J connectivity index is 2.35. The molecule has 1 unspecified atom stereocenters. The van der Waals surface area contributed by atoms with E-state index >= 15 is 0 Å². The normalized spacial score (nSPS) is 26.6. The van der Waals surface area contributed by atoms with Crippen LogP contribution in [0.25, 0.3) is 0 Å². The number of nitrogens with one attached hydrogen (secondary N) is 1. The van der Waals surface area contributed by atoms with Crippen molar-refractivity contribution in [3.63, 3.8) is 0 Å². The number of fused-ring (bicyclic) bond motifs is 1. The summed E-state index contributed by atoms with van der Waals surface area (Å²) in [6.45, 7) is 2.03. The van der Waals surface area contributed by atoms with Crippen LogP contribution in [-0.2, 0) is 0 Å². The highest BCUT2D eigenvalue weighted by molar-refractivity contribution is 5.82. The van der Waals surface area contributed by atoms with Crippen LogP contribution in [0.1, 0.15) is 6.92 Å². The van der Waals surface area contributed by atoms with Crippen molar-refractivity contribution in [1.29, 1.82) is 0 Å². The van der Waals surface area contributed by atoms with Crippen LogP contribution in [0.15, 0.2) is 28.7 Å². The van der Waals surface area contributed by atoms with Crippen molar-refractivity contribution in [2.24, 2.45) is 4.99 Å². The minimum Gasteiger partial charge on any atom is -0.390 e. The molecular weight excluding hydrogens is 162 g/mol. The maximum atomic E-state index is 4.29. The summed E-state index contributed by atoms with van der Waals surface area (Å²) in [4.78, 5) is 6.34. The predicted molar refractivity (Wildman–Crippen MR) is 52.8 cm³/mol. The van der Waals surface area contributed by atoms with Crippen LogP contribution in [0.5, 0.6) is 0 Å². The zero-order valence-electron chi connectivity index (χ0n) is 7.70. The molecule has 0 saturated carbocycles. The van der Waals surface area contributed by atoms with E-state index in [0.29, 0.717) is 0 Å². The van der Waals surface area contributed by atoms with Crippen molar-refractivity contribution in [2.75, 3.05) is 7.05 Å². The fourth-order valence-corrected chi connectivity index (χ4v) is 1.34. The lowest BCUT2D eigenvalue weighted by Gasteiger charge is -2.21. The van der Waals surface area contributed by atoms with Gasteiger partial charge < -0.3 is 10.2 Å². The summed E-state index contributed by atoms with van der Waals surface area (Å²) in [6.07, 6.45) is 5.66. The van der Waals surface area contributed by atoms with E-state index in [1.165, 1.54) is 0 Å². The third-order valence-electron chi connectivity index (χ3n) is 2.17. The minimum atomic E-state index is -0.0108. The average molecular weight is 173 g/mol. The predicted octanol–water partition coefficient (Wildman–Crippen LogP) is 0.681. The zero-order valence-corrected chi connectivity index (χ0v) is 7.70. The molecule has 0 spiro atoms. The Kier molecular flexibility index (Phi) is 1.82. The van der Waals surface area contributed by atoms with Crippen LogP contribution in [0, 0.1) is 11.8 Å². The third kappa shape index (κ3) is 1.20. The first kappa shape index (κ1) is 7.93. The fraction of sp³-hybridized carbons (Fsp3) is 0.300. The molecule has 0 aliphatic carbocycles. The summed E-state index contributed by atoms with van der Waals surface area (Å²) in [5.74, 6) is 5.92. The van der Waals surface area contributed by atoms with Crippen LogP contribution in [-0.4, -0.2) is 24.3 Å². The van der Waals surface area contributed by atoms with E-state index in [0.717, 1.165) is 11.4 Å². The van der Waals surface area contributed by atoms with Gasteiger partial charge in [-0.05, 0) is 12.8 Å². The molecular formula is C10H11N3. The van der Waals surface area contributed by atoms with Crippen molar-refractivity contribution < 1.29 is 0 Å². The molecule has 2 heterocycles. The summed E-state index contributed by atoms with van der Waals surface area (Å²) in [6, 6.07) is 0. The smallest absolute Gasteiger partial charge is 0.188 e. The monoisotopic (exact) mass is 173 g/mol. The number of nitrogens with zero attached hydrogens (tertiary/aromatic N) is 2. The molecule has 2 aliphatic heterocycles. The van der Waals surface area contributed by atoms with Crippen molar-refractivity contribution in [3.8, 4) is 11.8 Å². The van der Waals surface area contributed by atoms with Crippen LogP contribution in [0.4, 0.5) is 0 Å². The van der Waals surface area contributed by atoms with Gasteiger partial charge in [0.25, 0.3) is 0 Å². The molecule has 0 amide bonds. The lowest BCUT2D eigenvalue weighted by Crippen LogP contribution is -2.26.